The first kappa shape index (κ1) is 15.4. The summed E-state index contributed by atoms with van der Waals surface area (Å²) in [7, 11) is 2.88. The van der Waals surface area contributed by atoms with Crippen molar-refractivity contribution in [3.05, 3.63) is 35.6 Å². The molecule has 0 aromatic heterocycles. The molecule has 1 aromatic carbocycles. The van der Waals surface area contributed by atoms with E-state index in [-0.39, 0.29) is 12.0 Å². The maximum atomic E-state index is 14.1. The number of esters is 1. The van der Waals surface area contributed by atoms with Crippen LogP contribution in [0, 0.1) is 11.7 Å². The zero-order valence-electron chi connectivity index (χ0n) is 12.2. The number of likely N-dealkylation sites (tertiary alicyclic amines) is 1. The minimum absolute atomic E-state index is 0.0739. The lowest BCUT2D eigenvalue weighted by atomic mass is 9.90. The van der Waals surface area contributed by atoms with Gasteiger partial charge in [0, 0.05) is 5.56 Å². The van der Waals surface area contributed by atoms with E-state index >= 15 is 0 Å². The Bertz CT molecular complexity index is 577. The molecule has 0 amide bonds. The van der Waals surface area contributed by atoms with Gasteiger partial charge in [0.1, 0.15) is 11.4 Å². The maximum Gasteiger partial charge on any atom is 0.326 e. The third-order valence-corrected chi connectivity index (χ3v) is 4.36. The highest BCUT2D eigenvalue weighted by atomic mass is 19.1. The number of likely N-dealkylation sites (N-methyl/N-ethyl adjacent to an activating group) is 1. The Morgan fingerprint density at radius 2 is 2.05 bits per heavy atom. The SMILES string of the molecule is COC(=O)[C@@]1(C)C[C@H](C(=O)O)[C@H](c2ccccc2F)N1C. The van der Waals surface area contributed by atoms with E-state index in [0.29, 0.717) is 0 Å². The molecule has 2 rings (SSSR count). The van der Waals surface area contributed by atoms with Crippen molar-refractivity contribution in [2.75, 3.05) is 14.2 Å². The number of carboxylic acids is 1. The summed E-state index contributed by atoms with van der Waals surface area (Å²) in [5, 5.41) is 9.44. The van der Waals surface area contributed by atoms with Gasteiger partial charge in [0.2, 0.25) is 0 Å². The Labute approximate surface area is 122 Å². The predicted molar refractivity (Wildman–Crippen MR) is 73.1 cm³/mol. The fourth-order valence-corrected chi connectivity index (χ4v) is 3.07. The number of aliphatic carboxylic acids is 1. The maximum absolute atomic E-state index is 14.1. The molecule has 6 heteroatoms. The molecule has 0 radical (unpaired) electrons. The van der Waals surface area contributed by atoms with Crippen LogP contribution >= 0.6 is 0 Å². The molecule has 1 N–H and O–H groups in total. The average molecular weight is 295 g/mol. The summed E-state index contributed by atoms with van der Waals surface area (Å²) >= 11 is 0. The van der Waals surface area contributed by atoms with E-state index in [1.165, 1.54) is 13.2 Å². The van der Waals surface area contributed by atoms with E-state index in [9.17, 15) is 19.1 Å². The third-order valence-electron chi connectivity index (χ3n) is 4.36. The first-order valence-corrected chi connectivity index (χ1v) is 6.61. The van der Waals surface area contributed by atoms with Crippen LogP contribution in [0.25, 0.3) is 0 Å². The van der Waals surface area contributed by atoms with Crippen LogP contribution in [0.2, 0.25) is 0 Å². The first-order valence-electron chi connectivity index (χ1n) is 6.61. The van der Waals surface area contributed by atoms with E-state index in [4.69, 9.17) is 4.74 Å². The van der Waals surface area contributed by atoms with E-state index in [1.807, 2.05) is 0 Å². The smallest absolute Gasteiger partial charge is 0.326 e. The predicted octanol–water partition coefficient (Wildman–Crippen LogP) is 1.83. The quantitative estimate of drug-likeness (QED) is 0.862. The molecule has 1 fully saturated rings. The van der Waals surface area contributed by atoms with Gasteiger partial charge in [-0.2, -0.15) is 0 Å². The summed E-state index contributed by atoms with van der Waals surface area (Å²) in [5.41, 5.74) is -0.815. The largest absolute Gasteiger partial charge is 0.481 e. The van der Waals surface area contributed by atoms with E-state index in [1.54, 1.807) is 37.1 Å². The number of carbonyl (C=O) groups is 2. The molecule has 3 atom stereocenters. The molecule has 5 nitrogen and oxygen atoms in total. The number of carbonyl (C=O) groups excluding carboxylic acids is 1. The number of rotatable bonds is 3. The summed E-state index contributed by atoms with van der Waals surface area (Å²) in [6.45, 7) is 1.62. The van der Waals surface area contributed by atoms with Gasteiger partial charge in [-0.3, -0.25) is 14.5 Å². The summed E-state index contributed by atoms with van der Waals surface area (Å²) in [5.74, 6) is -2.93. The monoisotopic (exact) mass is 295 g/mol. The Hall–Kier alpha value is -1.95. The molecule has 1 aromatic rings. The molecule has 1 aliphatic rings. The van der Waals surface area contributed by atoms with Crippen LogP contribution in [0.15, 0.2) is 24.3 Å². The van der Waals surface area contributed by atoms with E-state index in [0.717, 1.165) is 0 Å². The van der Waals surface area contributed by atoms with Gasteiger partial charge < -0.3 is 9.84 Å². The molecule has 0 aliphatic carbocycles. The van der Waals surface area contributed by atoms with Crippen LogP contribution in [-0.2, 0) is 14.3 Å². The number of hydrogen-bond donors (Lipinski definition) is 1. The zero-order valence-corrected chi connectivity index (χ0v) is 12.2. The fraction of sp³-hybridized carbons (Fsp3) is 0.467. The molecule has 1 saturated heterocycles. The van der Waals surface area contributed by atoms with Gasteiger partial charge in [0.05, 0.1) is 19.1 Å². The highest BCUT2D eigenvalue weighted by Crippen LogP contribution is 2.46. The molecule has 1 aliphatic heterocycles. The molecular formula is C15H18FNO4. The topological polar surface area (TPSA) is 66.8 Å². The van der Waals surface area contributed by atoms with Crippen molar-refractivity contribution < 1.29 is 23.8 Å². The van der Waals surface area contributed by atoms with Crippen molar-refractivity contribution >= 4 is 11.9 Å². The molecule has 0 saturated carbocycles. The summed E-state index contributed by atoms with van der Waals surface area (Å²) in [6, 6.07) is 5.32. The van der Waals surface area contributed by atoms with Crippen molar-refractivity contribution in [2.45, 2.75) is 24.9 Å². The van der Waals surface area contributed by atoms with Crippen LogP contribution < -0.4 is 0 Å². The minimum atomic E-state index is -1.09. The van der Waals surface area contributed by atoms with Gasteiger partial charge in [0.15, 0.2) is 0 Å². The number of benzene rings is 1. The summed E-state index contributed by atoms with van der Waals surface area (Å²) in [4.78, 5) is 25.2. The van der Waals surface area contributed by atoms with Crippen LogP contribution in [0.3, 0.4) is 0 Å². The van der Waals surface area contributed by atoms with Crippen molar-refractivity contribution in [3.63, 3.8) is 0 Å². The van der Waals surface area contributed by atoms with Crippen molar-refractivity contribution in [1.29, 1.82) is 0 Å². The summed E-state index contributed by atoms with van der Waals surface area (Å²) in [6.07, 6.45) is 0.0739. The summed E-state index contributed by atoms with van der Waals surface area (Å²) < 4.78 is 18.8. The zero-order chi connectivity index (χ0) is 15.8. The van der Waals surface area contributed by atoms with Gasteiger partial charge in [0.25, 0.3) is 0 Å². The molecule has 1 heterocycles. The Morgan fingerprint density at radius 1 is 1.43 bits per heavy atom. The Kier molecular flexibility index (Phi) is 4.00. The standard InChI is InChI=1S/C15H18FNO4/c1-15(14(20)21-3)8-10(13(18)19)12(17(15)2)9-6-4-5-7-11(9)16/h4-7,10,12H,8H2,1-3H3,(H,18,19)/t10-,12-,15+/m0/s1. The van der Waals surface area contributed by atoms with Crippen molar-refractivity contribution in [2.24, 2.45) is 5.92 Å². The van der Waals surface area contributed by atoms with Crippen LogP contribution in [0.1, 0.15) is 24.9 Å². The Balaban J connectivity index is 2.50. The lowest BCUT2D eigenvalue weighted by Gasteiger charge is -2.33. The number of carboxylic acid groups (broad SMARTS) is 1. The number of nitrogens with zero attached hydrogens (tertiary/aromatic N) is 1. The first-order chi connectivity index (χ1) is 9.82. The molecule has 0 spiro atoms. The van der Waals surface area contributed by atoms with Crippen molar-refractivity contribution in [1.82, 2.24) is 4.90 Å². The number of ether oxygens (including phenoxy) is 1. The van der Waals surface area contributed by atoms with Gasteiger partial charge in [-0.15, -0.1) is 0 Å². The van der Waals surface area contributed by atoms with Crippen LogP contribution in [-0.4, -0.2) is 41.6 Å². The van der Waals surface area contributed by atoms with Gasteiger partial charge >= 0.3 is 11.9 Å². The second-order valence-corrected chi connectivity index (χ2v) is 5.49. The highest BCUT2D eigenvalue weighted by molar-refractivity contribution is 5.83. The van der Waals surface area contributed by atoms with E-state index < -0.39 is 35.3 Å². The van der Waals surface area contributed by atoms with Gasteiger partial charge in [-0.05, 0) is 26.5 Å². The number of halogens is 1. The third kappa shape index (κ3) is 2.40. The number of hydrogen-bond acceptors (Lipinski definition) is 4. The number of methoxy groups -OCH3 is 1. The molecule has 0 unspecified atom stereocenters. The average Bonchev–Trinajstić information content (AvgIpc) is 2.73. The van der Waals surface area contributed by atoms with Crippen LogP contribution in [0.4, 0.5) is 4.39 Å². The second kappa shape index (κ2) is 5.44. The molecule has 21 heavy (non-hydrogen) atoms. The molecule has 0 bridgehead atoms. The van der Waals surface area contributed by atoms with Crippen LogP contribution in [0.5, 0.6) is 0 Å². The van der Waals surface area contributed by atoms with Gasteiger partial charge in [-0.25, -0.2) is 4.39 Å². The van der Waals surface area contributed by atoms with Gasteiger partial charge in [-0.1, -0.05) is 18.2 Å². The fourth-order valence-electron chi connectivity index (χ4n) is 3.07. The normalized spacial score (nSPS) is 29.3. The second-order valence-electron chi connectivity index (χ2n) is 5.49. The highest BCUT2D eigenvalue weighted by Gasteiger charge is 2.55. The van der Waals surface area contributed by atoms with E-state index in [2.05, 4.69) is 0 Å². The van der Waals surface area contributed by atoms with Crippen molar-refractivity contribution in [3.8, 4) is 0 Å². The molecule has 114 valence electrons. The minimum Gasteiger partial charge on any atom is -0.481 e. The lowest BCUT2D eigenvalue weighted by Crippen LogP contribution is -2.47. The Morgan fingerprint density at radius 3 is 2.57 bits per heavy atom. The lowest BCUT2D eigenvalue weighted by molar-refractivity contribution is -0.152. The molecular weight excluding hydrogens is 277 g/mol.